The Labute approximate surface area is 255 Å². The summed E-state index contributed by atoms with van der Waals surface area (Å²) in [7, 11) is 0. The van der Waals surface area contributed by atoms with Gasteiger partial charge in [0.15, 0.2) is 0 Å². The number of hydrogen-bond donors (Lipinski definition) is 2. The lowest BCUT2D eigenvalue weighted by Gasteiger charge is -2.21. The summed E-state index contributed by atoms with van der Waals surface area (Å²) in [5.41, 5.74) is 0. The first-order valence-electron chi connectivity index (χ1n) is 17.1. The van der Waals surface area contributed by atoms with Gasteiger partial charge in [0.1, 0.15) is 0 Å². The van der Waals surface area contributed by atoms with Crippen molar-refractivity contribution in [3.63, 3.8) is 0 Å². The predicted molar refractivity (Wildman–Crippen MR) is 166 cm³/mol. The molecule has 8 heteroatoms. The number of carboxylic acids is 2. The molecule has 246 valence electrons. The molecule has 0 rings (SSSR count). The van der Waals surface area contributed by atoms with Gasteiger partial charge in [0, 0.05) is 0 Å². The molecule has 0 heterocycles. The minimum atomic E-state index is -1.55. The fraction of sp³-hybridized carbons (Fsp3) is 0.882. The molecular weight excluding hydrogens is 536 g/mol. The van der Waals surface area contributed by atoms with E-state index in [1.165, 1.54) is 89.9 Å². The van der Waals surface area contributed by atoms with Gasteiger partial charge in [0.05, 0.1) is 37.9 Å². The van der Waals surface area contributed by atoms with E-state index >= 15 is 0 Å². The molecule has 0 radical (unpaired) electrons. The van der Waals surface area contributed by atoms with E-state index in [0.29, 0.717) is 12.8 Å². The minimum absolute atomic E-state index is 0.125. The van der Waals surface area contributed by atoms with Crippen molar-refractivity contribution >= 4 is 23.9 Å². The van der Waals surface area contributed by atoms with Gasteiger partial charge in [-0.3, -0.25) is 19.2 Å². The van der Waals surface area contributed by atoms with E-state index in [4.69, 9.17) is 9.47 Å². The van der Waals surface area contributed by atoms with E-state index in [0.717, 1.165) is 38.5 Å². The Balaban J connectivity index is 4.34. The van der Waals surface area contributed by atoms with Crippen LogP contribution in [0.15, 0.2) is 0 Å². The molecule has 2 atom stereocenters. The normalized spacial score (nSPS) is 12.5. The smallest absolute Gasteiger partial charge is 0.310 e. The molecule has 0 saturated carbocycles. The Morgan fingerprint density at radius 3 is 1.19 bits per heavy atom. The summed E-state index contributed by atoms with van der Waals surface area (Å²) in [6.07, 6.45) is 24.2. The molecule has 0 spiro atoms. The summed E-state index contributed by atoms with van der Waals surface area (Å²) in [6.45, 7) is 4.76. The van der Waals surface area contributed by atoms with Crippen molar-refractivity contribution < 1.29 is 38.9 Å². The van der Waals surface area contributed by atoms with Crippen molar-refractivity contribution in [3.05, 3.63) is 0 Å². The monoisotopic (exact) mass is 598 g/mol. The van der Waals surface area contributed by atoms with Crippen LogP contribution in [0, 0.1) is 11.8 Å². The highest BCUT2D eigenvalue weighted by Crippen LogP contribution is 2.23. The number of carboxylic acid groups (broad SMARTS) is 2. The third-order valence-electron chi connectivity index (χ3n) is 7.89. The van der Waals surface area contributed by atoms with Crippen LogP contribution in [-0.4, -0.2) is 47.3 Å². The third-order valence-corrected chi connectivity index (χ3v) is 7.89. The molecule has 0 aliphatic carbocycles. The molecule has 8 nitrogen and oxygen atoms in total. The van der Waals surface area contributed by atoms with Gasteiger partial charge in [-0.15, -0.1) is 0 Å². The SMILES string of the molecule is CCCCCCCCCCCCCOC(=O)CC(C(=O)OCCCCCCCCCCCCC)C(CC(=O)O)C(=O)O. The van der Waals surface area contributed by atoms with E-state index in [9.17, 15) is 29.4 Å². The molecule has 0 aromatic rings. The van der Waals surface area contributed by atoms with Gasteiger partial charge in [-0.2, -0.15) is 0 Å². The van der Waals surface area contributed by atoms with Crippen LogP contribution in [0.5, 0.6) is 0 Å². The molecule has 0 saturated heterocycles. The van der Waals surface area contributed by atoms with Gasteiger partial charge in [0.25, 0.3) is 0 Å². The maximum absolute atomic E-state index is 12.8. The lowest BCUT2D eigenvalue weighted by atomic mass is 9.87. The lowest BCUT2D eigenvalue weighted by molar-refractivity contribution is -0.164. The second-order valence-electron chi connectivity index (χ2n) is 11.8. The van der Waals surface area contributed by atoms with E-state index in [1.54, 1.807) is 0 Å². The van der Waals surface area contributed by atoms with E-state index in [1.807, 2.05) is 0 Å². The Kier molecular flexibility index (Phi) is 27.5. The van der Waals surface area contributed by atoms with Crippen LogP contribution in [-0.2, 0) is 28.7 Å². The van der Waals surface area contributed by atoms with Crippen molar-refractivity contribution in [2.75, 3.05) is 13.2 Å². The summed E-state index contributed by atoms with van der Waals surface area (Å²) in [6, 6.07) is 0. The quantitative estimate of drug-likeness (QED) is 0.0598. The number of esters is 2. The Morgan fingerprint density at radius 2 is 0.833 bits per heavy atom. The molecule has 0 bridgehead atoms. The van der Waals surface area contributed by atoms with Gasteiger partial charge in [-0.1, -0.05) is 142 Å². The fourth-order valence-electron chi connectivity index (χ4n) is 5.22. The molecule has 0 aromatic carbocycles. The van der Waals surface area contributed by atoms with E-state index in [-0.39, 0.29) is 13.2 Å². The fourth-order valence-corrected chi connectivity index (χ4v) is 5.22. The number of ether oxygens (including phenoxy) is 2. The van der Waals surface area contributed by atoms with Crippen LogP contribution in [0.3, 0.4) is 0 Å². The second kappa shape index (κ2) is 29.0. The van der Waals surface area contributed by atoms with Gasteiger partial charge in [-0.05, 0) is 12.8 Å². The van der Waals surface area contributed by atoms with Crippen molar-refractivity contribution in [2.45, 2.75) is 168 Å². The topological polar surface area (TPSA) is 127 Å². The Hall–Kier alpha value is -2.12. The van der Waals surface area contributed by atoms with Crippen LogP contribution in [0.25, 0.3) is 0 Å². The molecule has 0 aliphatic heterocycles. The average molecular weight is 599 g/mol. The molecule has 2 N–H and O–H groups in total. The van der Waals surface area contributed by atoms with Crippen LogP contribution in [0.1, 0.15) is 168 Å². The summed E-state index contributed by atoms with van der Waals surface area (Å²) in [5, 5.41) is 18.8. The van der Waals surface area contributed by atoms with Gasteiger partial charge >= 0.3 is 23.9 Å². The average Bonchev–Trinajstić information content (AvgIpc) is 2.95. The van der Waals surface area contributed by atoms with Crippen molar-refractivity contribution in [3.8, 4) is 0 Å². The number of hydrogen-bond acceptors (Lipinski definition) is 6. The van der Waals surface area contributed by atoms with E-state index in [2.05, 4.69) is 13.8 Å². The van der Waals surface area contributed by atoms with Crippen molar-refractivity contribution in [1.82, 2.24) is 0 Å². The van der Waals surface area contributed by atoms with Gasteiger partial charge in [0.2, 0.25) is 0 Å². The molecule has 0 fully saturated rings. The highest BCUT2D eigenvalue weighted by atomic mass is 16.5. The standard InChI is InChI=1S/C34H62O8/c1-3-5-7-9-11-13-15-17-19-21-23-25-41-32(37)28-30(29(33(38)39)27-31(35)36)34(40)42-26-24-22-20-18-16-14-12-10-8-6-4-2/h29-30H,3-28H2,1-2H3,(H,35,36)(H,38,39). The zero-order chi connectivity index (χ0) is 31.3. The molecule has 42 heavy (non-hydrogen) atoms. The van der Waals surface area contributed by atoms with Gasteiger partial charge in [-0.25, -0.2) is 0 Å². The maximum Gasteiger partial charge on any atom is 0.310 e. The van der Waals surface area contributed by atoms with Crippen molar-refractivity contribution in [2.24, 2.45) is 11.8 Å². The molecular formula is C34H62O8. The largest absolute Gasteiger partial charge is 0.481 e. The number of aliphatic carboxylic acids is 2. The summed E-state index contributed by atoms with van der Waals surface area (Å²) >= 11 is 0. The Bertz CT molecular complexity index is 693. The zero-order valence-electron chi connectivity index (χ0n) is 26.9. The van der Waals surface area contributed by atoms with E-state index < -0.39 is 48.6 Å². The summed E-state index contributed by atoms with van der Waals surface area (Å²) in [5.74, 6) is -7.28. The second-order valence-corrected chi connectivity index (χ2v) is 11.8. The highest BCUT2D eigenvalue weighted by molar-refractivity contribution is 5.87. The molecule has 2 unspecified atom stereocenters. The number of unbranched alkanes of at least 4 members (excludes halogenated alkanes) is 20. The predicted octanol–water partition coefficient (Wildman–Crippen LogP) is 8.88. The summed E-state index contributed by atoms with van der Waals surface area (Å²) in [4.78, 5) is 48.3. The first-order chi connectivity index (χ1) is 20.3. The molecule has 0 aromatic heterocycles. The first-order valence-corrected chi connectivity index (χ1v) is 17.1. The van der Waals surface area contributed by atoms with Crippen LogP contribution in [0.2, 0.25) is 0 Å². The van der Waals surface area contributed by atoms with Crippen LogP contribution >= 0.6 is 0 Å². The third kappa shape index (κ3) is 24.5. The highest BCUT2D eigenvalue weighted by Gasteiger charge is 2.38. The van der Waals surface area contributed by atoms with Crippen molar-refractivity contribution in [1.29, 1.82) is 0 Å². The minimum Gasteiger partial charge on any atom is -0.481 e. The summed E-state index contributed by atoms with van der Waals surface area (Å²) < 4.78 is 10.6. The Morgan fingerprint density at radius 1 is 0.476 bits per heavy atom. The lowest BCUT2D eigenvalue weighted by Crippen LogP contribution is -2.35. The zero-order valence-corrected chi connectivity index (χ0v) is 26.9. The molecule has 0 amide bonds. The first kappa shape index (κ1) is 39.9. The number of rotatable bonds is 31. The molecule has 0 aliphatic rings. The van der Waals surface area contributed by atoms with Crippen LogP contribution < -0.4 is 0 Å². The van der Waals surface area contributed by atoms with Gasteiger partial charge < -0.3 is 19.7 Å². The van der Waals surface area contributed by atoms with Crippen LogP contribution in [0.4, 0.5) is 0 Å². The number of carbonyl (C=O) groups excluding carboxylic acids is 2. The maximum atomic E-state index is 12.8. The number of carbonyl (C=O) groups is 4.